The number of methoxy groups -OCH3 is 1. The molecule has 2 nitrogen and oxygen atoms in total. The van der Waals surface area contributed by atoms with E-state index in [9.17, 15) is 0 Å². The molecule has 0 unspecified atom stereocenters. The standard InChI is InChI=1S/C18H23NO/c1-18(2,3)15-8-6-14(7-9-15)16-11-13(12-19)5-10-17(16)20-4/h5-11H,12,19H2,1-4H3. The van der Waals surface area contributed by atoms with E-state index < -0.39 is 0 Å². The van der Waals surface area contributed by atoms with Crippen LogP contribution in [0.3, 0.4) is 0 Å². The van der Waals surface area contributed by atoms with Gasteiger partial charge in [-0.15, -0.1) is 0 Å². The first-order valence-electron chi connectivity index (χ1n) is 6.93. The van der Waals surface area contributed by atoms with E-state index in [0.29, 0.717) is 6.54 Å². The minimum atomic E-state index is 0.168. The predicted molar refractivity (Wildman–Crippen MR) is 85.0 cm³/mol. The molecule has 106 valence electrons. The molecule has 2 rings (SSSR count). The lowest BCUT2D eigenvalue weighted by atomic mass is 9.86. The molecule has 20 heavy (non-hydrogen) atoms. The quantitative estimate of drug-likeness (QED) is 0.909. The molecular weight excluding hydrogens is 246 g/mol. The fourth-order valence-electron chi connectivity index (χ4n) is 2.26. The molecule has 0 aromatic heterocycles. The van der Waals surface area contributed by atoms with Crippen molar-refractivity contribution in [3.05, 3.63) is 53.6 Å². The Morgan fingerprint density at radius 1 is 1.00 bits per heavy atom. The van der Waals surface area contributed by atoms with Gasteiger partial charge < -0.3 is 10.5 Å². The second-order valence-electron chi connectivity index (χ2n) is 6.07. The summed E-state index contributed by atoms with van der Waals surface area (Å²) in [5, 5.41) is 0. The summed E-state index contributed by atoms with van der Waals surface area (Å²) in [7, 11) is 1.70. The van der Waals surface area contributed by atoms with E-state index in [1.807, 2.05) is 12.1 Å². The zero-order chi connectivity index (χ0) is 14.8. The third kappa shape index (κ3) is 3.02. The second-order valence-corrected chi connectivity index (χ2v) is 6.07. The number of nitrogens with two attached hydrogens (primary N) is 1. The summed E-state index contributed by atoms with van der Waals surface area (Å²) < 4.78 is 5.46. The van der Waals surface area contributed by atoms with Gasteiger partial charge in [0, 0.05) is 12.1 Å². The zero-order valence-electron chi connectivity index (χ0n) is 12.7. The Bertz CT molecular complexity index is 579. The van der Waals surface area contributed by atoms with Crippen molar-refractivity contribution in [2.75, 3.05) is 7.11 Å². The third-order valence-electron chi connectivity index (χ3n) is 3.56. The van der Waals surface area contributed by atoms with Crippen LogP contribution in [-0.2, 0) is 12.0 Å². The van der Waals surface area contributed by atoms with Crippen LogP contribution in [0.1, 0.15) is 31.9 Å². The maximum Gasteiger partial charge on any atom is 0.126 e. The van der Waals surface area contributed by atoms with Crippen LogP contribution < -0.4 is 10.5 Å². The highest BCUT2D eigenvalue weighted by Crippen LogP contribution is 2.32. The molecule has 0 fully saturated rings. The lowest BCUT2D eigenvalue weighted by Gasteiger charge is -2.19. The molecule has 0 aliphatic heterocycles. The molecule has 2 aromatic carbocycles. The van der Waals surface area contributed by atoms with E-state index in [1.165, 1.54) is 5.56 Å². The molecule has 0 saturated heterocycles. The Hall–Kier alpha value is -1.80. The van der Waals surface area contributed by atoms with Crippen LogP contribution in [0.4, 0.5) is 0 Å². The first kappa shape index (κ1) is 14.6. The fourth-order valence-corrected chi connectivity index (χ4v) is 2.26. The SMILES string of the molecule is COc1ccc(CN)cc1-c1ccc(C(C)(C)C)cc1. The van der Waals surface area contributed by atoms with Gasteiger partial charge in [-0.2, -0.15) is 0 Å². The van der Waals surface area contributed by atoms with E-state index in [4.69, 9.17) is 10.5 Å². The largest absolute Gasteiger partial charge is 0.496 e. The molecule has 0 saturated carbocycles. The second kappa shape index (κ2) is 5.68. The summed E-state index contributed by atoms with van der Waals surface area (Å²) in [6, 6.07) is 14.8. The van der Waals surface area contributed by atoms with Crippen LogP contribution in [0.5, 0.6) is 5.75 Å². The van der Waals surface area contributed by atoms with E-state index >= 15 is 0 Å². The summed E-state index contributed by atoms with van der Waals surface area (Å²) in [5.41, 5.74) is 10.6. The van der Waals surface area contributed by atoms with Gasteiger partial charge in [0.05, 0.1) is 7.11 Å². The normalized spacial score (nSPS) is 11.4. The van der Waals surface area contributed by atoms with Gasteiger partial charge in [0.15, 0.2) is 0 Å². The molecule has 2 N–H and O–H groups in total. The summed E-state index contributed by atoms with van der Waals surface area (Å²) in [5.74, 6) is 0.880. The Labute approximate surface area is 121 Å². The molecule has 0 heterocycles. The third-order valence-corrected chi connectivity index (χ3v) is 3.56. The minimum Gasteiger partial charge on any atom is -0.496 e. The molecule has 0 atom stereocenters. The highest BCUT2D eigenvalue weighted by Gasteiger charge is 2.14. The monoisotopic (exact) mass is 269 g/mol. The maximum absolute atomic E-state index is 5.73. The highest BCUT2D eigenvalue weighted by molar-refractivity contribution is 5.71. The van der Waals surface area contributed by atoms with Gasteiger partial charge in [-0.3, -0.25) is 0 Å². The first-order valence-corrected chi connectivity index (χ1v) is 6.93. The van der Waals surface area contributed by atoms with Crippen molar-refractivity contribution in [2.24, 2.45) is 5.73 Å². The first-order chi connectivity index (χ1) is 9.45. The molecule has 0 aliphatic rings. The van der Waals surface area contributed by atoms with Crippen molar-refractivity contribution in [1.29, 1.82) is 0 Å². The van der Waals surface area contributed by atoms with E-state index in [0.717, 1.165) is 22.4 Å². The molecule has 2 heteroatoms. The molecule has 0 bridgehead atoms. The molecule has 0 spiro atoms. The van der Waals surface area contributed by atoms with Gasteiger partial charge in [-0.05, 0) is 34.2 Å². The summed E-state index contributed by atoms with van der Waals surface area (Å²) in [6.07, 6.45) is 0. The topological polar surface area (TPSA) is 35.2 Å². The Morgan fingerprint density at radius 3 is 2.15 bits per heavy atom. The highest BCUT2D eigenvalue weighted by atomic mass is 16.5. The van der Waals surface area contributed by atoms with Gasteiger partial charge in [0.1, 0.15) is 5.75 Å². The van der Waals surface area contributed by atoms with Crippen LogP contribution in [0.25, 0.3) is 11.1 Å². The van der Waals surface area contributed by atoms with Gasteiger partial charge in [0.25, 0.3) is 0 Å². The maximum atomic E-state index is 5.73. The van der Waals surface area contributed by atoms with E-state index in [1.54, 1.807) is 7.11 Å². The van der Waals surface area contributed by atoms with Crippen molar-refractivity contribution in [1.82, 2.24) is 0 Å². The van der Waals surface area contributed by atoms with Crippen molar-refractivity contribution >= 4 is 0 Å². The number of hydrogen-bond donors (Lipinski definition) is 1. The van der Waals surface area contributed by atoms with Crippen molar-refractivity contribution < 1.29 is 4.74 Å². The van der Waals surface area contributed by atoms with E-state index in [-0.39, 0.29) is 5.41 Å². The number of hydrogen-bond acceptors (Lipinski definition) is 2. The molecule has 0 aliphatic carbocycles. The van der Waals surface area contributed by atoms with Crippen molar-refractivity contribution in [3.63, 3.8) is 0 Å². The minimum absolute atomic E-state index is 0.168. The molecule has 0 radical (unpaired) electrons. The summed E-state index contributed by atoms with van der Waals surface area (Å²) >= 11 is 0. The van der Waals surface area contributed by atoms with Crippen LogP contribution >= 0.6 is 0 Å². The smallest absolute Gasteiger partial charge is 0.126 e. The Kier molecular flexibility index (Phi) is 4.15. The van der Waals surface area contributed by atoms with Crippen LogP contribution in [0.2, 0.25) is 0 Å². The number of benzene rings is 2. The predicted octanol–water partition coefficient (Wildman–Crippen LogP) is 4.12. The number of ether oxygens (including phenoxy) is 1. The number of rotatable bonds is 3. The Morgan fingerprint density at radius 2 is 1.65 bits per heavy atom. The molecule has 2 aromatic rings. The van der Waals surface area contributed by atoms with Gasteiger partial charge in [0.2, 0.25) is 0 Å². The van der Waals surface area contributed by atoms with Gasteiger partial charge in [-0.1, -0.05) is 51.1 Å². The summed E-state index contributed by atoms with van der Waals surface area (Å²) in [6.45, 7) is 7.20. The van der Waals surface area contributed by atoms with Crippen molar-refractivity contribution in [2.45, 2.75) is 32.7 Å². The van der Waals surface area contributed by atoms with Crippen molar-refractivity contribution in [3.8, 4) is 16.9 Å². The van der Waals surface area contributed by atoms with Gasteiger partial charge >= 0.3 is 0 Å². The lowest BCUT2D eigenvalue weighted by molar-refractivity contribution is 0.416. The zero-order valence-corrected chi connectivity index (χ0v) is 12.7. The molecule has 0 amide bonds. The van der Waals surface area contributed by atoms with Crippen LogP contribution in [-0.4, -0.2) is 7.11 Å². The fraction of sp³-hybridized carbons (Fsp3) is 0.333. The van der Waals surface area contributed by atoms with E-state index in [2.05, 4.69) is 51.1 Å². The average molecular weight is 269 g/mol. The van der Waals surface area contributed by atoms with Crippen LogP contribution in [0, 0.1) is 0 Å². The lowest BCUT2D eigenvalue weighted by Crippen LogP contribution is -2.10. The summed E-state index contributed by atoms with van der Waals surface area (Å²) in [4.78, 5) is 0. The van der Waals surface area contributed by atoms with Gasteiger partial charge in [-0.25, -0.2) is 0 Å². The van der Waals surface area contributed by atoms with Crippen LogP contribution in [0.15, 0.2) is 42.5 Å². The average Bonchev–Trinajstić information content (AvgIpc) is 2.45. The Balaban J connectivity index is 2.45. The molecular formula is C18H23NO.